The van der Waals surface area contributed by atoms with Gasteiger partial charge in [-0.05, 0) is 29.5 Å². The minimum absolute atomic E-state index is 0.117. The maximum atomic E-state index is 12.4. The van der Waals surface area contributed by atoms with Gasteiger partial charge in [0.1, 0.15) is 5.52 Å². The summed E-state index contributed by atoms with van der Waals surface area (Å²) >= 11 is 5.81. The molecule has 2 aromatic carbocycles. The van der Waals surface area contributed by atoms with Crippen molar-refractivity contribution < 1.29 is 13.3 Å². The SMILES string of the molecule is Cc1ccc(CS(=O)(=O)c2nc3ccc(Cl)cc3[n+]([O-])n2)cc1. The summed E-state index contributed by atoms with van der Waals surface area (Å²) in [6.07, 6.45) is 0. The number of benzene rings is 2. The van der Waals surface area contributed by atoms with Crippen LogP contribution in [0.15, 0.2) is 47.6 Å². The molecule has 0 aliphatic heterocycles. The van der Waals surface area contributed by atoms with Gasteiger partial charge in [0, 0.05) is 16.2 Å². The van der Waals surface area contributed by atoms with Crippen molar-refractivity contribution in [1.29, 1.82) is 0 Å². The Morgan fingerprint density at radius 2 is 1.87 bits per heavy atom. The molecule has 3 aromatic rings. The lowest BCUT2D eigenvalue weighted by Crippen LogP contribution is -2.35. The quantitative estimate of drug-likeness (QED) is 0.534. The van der Waals surface area contributed by atoms with Gasteiger partial charge in [0.15, 0.2) is 0 Å². The van der Waals surface area contributed by atoms with E-state index in [4.69, 9.17) is 11.6 Å². The first kappa shape index (κ1) is 15.6. The Hall–Kier alpha value is -2.25. The zero-order chi connectivity index (χ0) is 16.6. The number of nitrogens with zero attached hydrogens (tertiary/aromatic N) is 3. The fourth-order valence-corrected chi connectivity index (χ4v) is 3.46. The molecule has 0 amide bonds. The van der Waals surface area contributed by atoms with E-state index < -0.39 is 15.0 Å². The van der Waals surface area contributed by atoms with Crippen LogP contribution in [-0.4, -0.2) is 18.5 Å². The van der Waals surface area contributed by atoms with Crippen LogP contribution in [0.5, 0.6) is 0 Å². The highest BCUT2D eigenvalue weighted by Gasteiger charge is 2.24. The third-order valence-electron chi connectivity index (χ3n) is 3.29. The summed E-state index contributed by atoms with van der Waals surface area (Å²) in [7, 11) is -3.83. The Morgan fingerprint density at radius 3 is 2.57 bits per heavy atom. The zero-order valence-corrected chi connectivity index (χ0v) is 13.7. The maximum Gasteiger partial charge on any atom is 0.314 e. The predicted molar refractivity (Wildman–Crippen MR) is 85.6 cm³/mol. The Morgan fingerprint density at radius 1 is 1.17 bits per heavy atom. The van der Waals surface area contributed by atoms with E-state index in [0.29, 0.717) is 10.6 Å². The largest absolute Gasteiger partial charge is 0.594 e. The lowest BCUT2D eigenvalue weighted by molar-refractivity contribution is -0.647. The number of rotatable bonds is 3. The Bertz CT molecular complexity index is 989. The summed E-state index contributed by atoms with van der Waals surface area (Å²) in [5, 5.41) is 15.3. The normalized spacial score (nSPS) is 11.7. The van der Waals surface area contributed by atoms with Crippen LogP contribution in [-0.2, 0) is 15.6 Å². The van der Waals surface area contributed by atoms with Gasteiger partial charge >= 0.3 is 5.16 Å². The number of sulfone groups is 1. The summed E-state index contributed by atoms with van der Waals surface area (Å²) in [5.74, 6) is -0.271. The highest BCUT2D eigenvalue weighted by atomic mass is 35.5. The van der Waals surface area contributed by atoms with Crippen molar-refractivity contribution in [1.82, 2.24) is 10.1 Å². The summed E-state index contributed by atoms with van der Waals surface area (Å²) in [6, 6.07) is 11.5. The number of aryl methyl sites for hydroxylation is 1. The van der Waals surface area contributed by atoms with Gasteiger partial charge in [0.05, 0.1) is 5.75 Å². The van der Waals surface area contributed by atoms with Gasteiger partial charge in [-0.3, -0.25) is 0 Å². The van der Waals surface area contributed by atoms with Crippen LogP contribution in [0.1, 0.15) is 11.1 Å². The summed E-state index contributed by atoms with van der Waals surface area (Å²) in [4.78, 5) is 4.22. The van der Waals surface area contributed by atoms with E-state index in [1.165, 1.54) is 18.2 Å². The molecule has 0 fully saturated rings. The predicted octanol–water partition coefficient (Wildman–Crippen LogP) is 2.20. The van der Waals surface area contributed by atoms with Crippen LogP contribution in [0.25, 0.3) is 11.0 Å². The summed E-state index contributed by atoms with van der Waals surface area (Å²) in [6.45, 7) is 1.91. The Kier molecular flexibility index (Phi) is 3.91. The first-order valence-corrected chi connectivity index (χ1v) is 8.74. The molecule has 0 aliphatic rings. The molecule has 0 aliphatic carbocycles. The van der Waals surface area contributed by atoms with E-state index in [1.54, 1.807) is 12.1 Å². The molecule has 6 nitrogen and oxygen atoms in total. The molecule has 118 valence electrons. The monoisotopic (exact) mass is 349 g/mol. The molecule has 1 aromatic heterocycles. The van der Waals surface area contributed by atoms with E-state index in [0.717, 1.165) is 5.56 Å². The molecule has 1 heterocycles. The van der Waals surface area contributed by atoms with Crippen LogP contribution < -0.4 is 4.85 Å². The fourth-order valence-electron chi connectivity index (χ4n) is 2.10. The van der Waals surface area contributed by atoms with Crippen LogP contribution in [0.2, 0.25) is 5.02 Å². The molecule has 0 spiro atoms. The number of fused-ring (bicyclic) bond motifs is 1. The lowest BCUT2D eigenvalue weighted by atomic mass is 10.2. The molecule has 3 rings (SSSR count). The van der Waals surface area contributed by atoms with Gasteiger partial charge in [0.25, 0.3) is 5.52 Å². The van der Waals surface area contributed by atoms with Gasteiger partial charge < -0.3 is 5.21 Å². The second-order valence-electron chi connectivity index (χ2n) is 5.15. The molecule has 0 saturated carbocycles. The van der Waals surface area contributed by atoms with Crippen LogP contribution in [0.3, 0.4) is 0 Å². The van der Waals surface area contributed by atoms with E-state index in [-0.39, 0.29) is 21.6 Å². The van der Waals surface area contributed by atoms with Crippen molar-refractivity contribution in [2.24, 2.45) is 0 Å². The van der Waals surface area contributed by atoms with Crippen molar-refractivity contribution in [2.75, 3.05) is 0 Å². The first-order valence-electron chi connectivity index (χ1n) is 6.71. The Balaban J connectivity index is 2.04. The fraction of sp³-hybridized carbons (Fsp3) is 0.133. The van der Waals surface area contributed by atoms with Crippen LogP contribution in [0, 0.1) is 12.1 Å². The molecule has 0 radical (unpaired) electrons. The summed E-state index contributed by atoms with van der Waals surface area (Å²) in [5.41, 5.74) is 1.98. The van der Waals surface area contributed by atoms with Gasteiger partial charge in [-0.25, -0.2) is 13.4 Å². The molecule has 0 unspecified atom stereocenters. The molecule has 0 N–H and O–H groups in total. The maximum absolute atomic E-state index is 12.4. The minimum Gasteiger partial charge on any atom is -0.594 e. The second kappa shape index (κ2) is 5.75. The smallest absolute Gasteiger partial charge is 0.314 e. The Labute approximate surface area is 137 Å². The second-order valence-corrected chi connectivity index (χ2v) is 7.46. The molecule has 23 heavy (non-hydrogen) atoms. The van der Waals surface area contributed by atoms with Crippen LogP contribution in [0.4, 0.5) is 0 Å². The molecule has 8 heteroatoms. The zero-order valence-electron chi connectivity index (χ0n) is 12.1. The van der Waals surface area contributed by atoms with Crippen molar-refractivity contribution >= 4 is 32.5 Å². The van der Waals surface area contributed by atoms with Crippen molar-refractivity contribution in [3.8, 4) is 0 Å². The van der Waals surface area contributed by atoms with Crippen molar-refractivity contribution in [3.05, 3.63) is 63.8 Å². The number of halogens is 1. The molecular formula is C15H12ClN3O3S. The third-order valence-corrected chi connectivity index (χ3v) is 4.97. The van der Waals surface area contributed by atoms with E-state index in [9.17, 15) is 13.6 Å². The van der Waals surface area contributed by atoms with E-state index >= 15 is 0 Å². The molecular weight excluding hydrogens is 338 g/mol. The summed E-state index contributed by atoms with van der Waals surface area (Å²) < 4.78 is 24.9. The standard InChI is InChI=1S/C15H12ClN3O3S/c1-10-2-4-11(5-3-10)9-23(21,22)15-17-13-7-6-12(16)8-14(13)19(20)18-15/h2-8H,9H2,1H3. The lowest BCUT2D eigenvalue weighted by Gasteiger charge is -2.05. The highest BCUT2D eigenvalue weighted by molar-refractivity contribution is 7.90. The minimum atomic E-state index is -3.83. The van der Waals surface area contributed by atoms with Crippen LogP contribution >= 0.6 is 11.6 Å². The third kappa shape index (κ3) is 3.25. The average Bonchev–Trinajstić information content (AvgIpc) is 2.50. The van der Waals surface area contributed by atoms with Gasteiger partial charge in [-0.15, -0.1) is 0 Å². The van der Waals surface area contributed by atoms with Crippen molar-refractivity contribution in [3.63, 3.8) is 0 Å². The molecule has 0 saturated heterocycles. The molecule has 0 bridgehead atoms. The highest BCUT2D eigenvalue weighted by Crippen LogP contribution is 2.17. The first-order chi connectivity index (χ1) is 10.8. The van der Waals surface area contributed by atoms with E-state index in [1.807, 2.05) is 19.1 Å². The van der Waals surface area contributed by atoms with Gasteiger partial charge in [0.2, 0.25) is 9.84 Å². The van der Waals surface area contributed by atoms with Gasteiger partial charge in [-0.1, -0.05) is 41.4 Å². The number of hydrogen-bond donors (Lipinski definition) is 0. The molecule has 0 atom stereocenters. The average molecular weight is 350 g/mol. The van der Waals surface area contributed by atoms with Crippen molar-refractivity contribution in [2.45, 2.75) is 17.8 Å². The topological polar surface area (TPSA) is 86.9 Å². The number of hydrogen-bond acceptors (Lipinski definition) is 5. The number of aromatic nitrogens is 3. The van der Waals surface area contributed by atoms with Gasteiger partial charge in [-0.2, -0.15) is 0 Å². The van der Waals surface area contributed by atoms with E-state index in [2.05, 4.69) is 10.1 Å².